The van der Waals surface area contributed by atoms with Gasteiger partial charge in [0.15, 0.2) is 5.82 Å². The first-order valence-corrected chi connectivity index (χ1v) is 6.90. The van der Waals surface area contributed by atoms with Gasteiger partial charge in [-0.1, -0.05) is 18.5 Å². The molecular formula is C13H18ClN5O. The second kappa shape index (κ2) is 6.67. The van der Waals surface area contributed by atoms with Crippen molar-refractivity contribution in [3.05, 3.63) is 29.0 Å². The zero-order valence-corrected chi connectivity index (χ0v) is 12.6. The minimum Gasteiger partial charge on any atom is -0.495 e. The first-order valence-electron chi connectivity index (χ1n) is 6.53. The molecule has 1 aromatic carbocycles. The summed E-state index contributed by atoms with van der Waals surface area (Å²) in [7, 11) is 1.58. The maximum absolute atomic E-state index is 6.14. The van der Waals surface area contributed by atoms with E-state index in [0.717, 1.165) is 24.5 Å². The van der Waals surface area contributed by atoms with Crippen molar-refractivity contribution in [2.75, 3.05) is 13.7 Å². The lowest BCUT2D eigenvalue weighted by Gasteiger charge is -2.13. The van der Waals surface area contributed by atoms with E-state index in [-0.39, 0.29) is 6.04 Å². The van der Waals surface area contributed by atoms with Gasteiger partial charge >= 0.3 is 0 Å². The molecule has 1 N–H and O–H groups in total. The normalized spacial score (nSPS) is 12.4. The zero-order valence-electron chi connectivity index (χ0n) is 11.8. The Balaban J connectivity index is 2.29. The largest absolute Gasteiger partial charge is 0.495 e. The molecule has 0 saturated carbocycles. The van der Waals surface area contributed by atoms with Gasteiger partial charge in [-0.15, -0.1) is 5.10 Å². The Morgan fingerprint density at radius 2 is 2.25 bits per heavy atom. The van der Waals surface area contributed by atoms with Crippen molar-refractivity contribution < 1.29 is 4.74 Å². The summed E-state index contributed by atoms with van der Waals surface area (Å²) in [5.41, 5.74) is 0.806. The topological polar surface area (TPSA) is 64.9 Å². The molecule has 2 rings (SSSR count). The molecule has 0 aliphatic carbocycles. The van der Waals surface area contributed by atoms with E-state index in [1.54, 1.807) is 23.9 Å². The highest BCUT2D eigenvalue weighted by Crippen LogP contribution is 2.27. The molecule has 1 aromatic heterocycles. The van der Waals surface area contributed by atoms with Crippen molar-refractivity contribution >= 4 is 11.6 Å². The fourth-order valence-electron chi connectivity index (χ4n) is 1.89. The highest BCUT2D eigenvalue weighted by atomic mass is 35.5. The number of hydrogen-bond acceptors (Lipinski definition) is 5. The van der Waals surface area contributed by atoms with E-state index in [1.807, 2.05) is 13.0 Å². The second-order valence-corrected chi connectivity index (χ2v) is 4.85. The zero-order chi connectivity index (χ0) is 14.5. The highest BCUT2D eigenvalue weighted by molar-refractivity contribution is 6.32. The second-order valence-electron chi connectivity index (χ2n) is 4.44. The Bertz CT molecular complexity index is 572. The SMILES string of the molecule is CCCNC(C)c1nnnn1-c1ccc(OC)c(Cl)c1. The van der Waals surface area contributed by atoms with Gasteiger partial charge in [-0.25, -0.2) is 0 Å². The average molecular weight is 296 g/mol. The molecule has 0 saturated heterocycles. The summed E-state index contributed by atoms with van der Waals surface area (Å²) in [6, 6.07) is 5.52. The summed E-state index contributed by atoms with van der Waals surface area (Å²) in [6.07, 6.45) is 1.06. The number of nitrogens with one attached hydrogen (secondary N) is 1. The monoisotopic (exact) mass is 295 g/mol. The molecule has 0 fully saturated rings. The maximum Gasteiger partial charge on any atom is 0.173 e. The molecule has 0 aliphatic rings. The lowest BCUT2D eigenvalue weighted by Crippen LogP contribution is -2.22. The first-order chi connectivity index (χ1) is 9.67. The maximum atomic E-state index is 6.14. The van der Waals surface area contributed by atoms with E-state index in [2.05, 4.69) is 27.8 Å². The number of benzene rings is 1. The Hall–Kier alpha value is -1.66. The Labute approximate surface area is 123 Å². The van der Waals surface area contributed by atoms with E-state index in [9.17, 15) is 0 Å². The van der Waals surface area contributed by atoms with Crippen LogP contribution in [0.25, 0.3) is 5.69 Å². The summed E-state index contributed by atoms with van der Waals surface area (Å²) in [5.74, 6) is 1.38. The van der Waals surface area contributed by atoms with Crippen molar-refractivity contribution in [2.45, 2.75) is 26.3 Å². The van der Waals surface area contributed by atoms with Gasteiger partial charge in [-0.05, 0) is 48.5 Å². The number of halogens is 1. The fourth-order valence-corrected chi connectivity index (χ4v) is 2.14. The number of nitrogens with zero attached hydrogens (tertiary/aromatic N) is 4. The van der Waals surface area contributed by atoms with Gasteiger partial charge < -0.3 is 10.1 Å². The molecule has 0 spiro atoms. The molecule has 1 heterocycles. The summed E-state index contributed by atoms with van der Waals surface area (Å²) in [6.45, 7) is 5.06. The fraction of sp³-hybridized carbons (Fsp3) is 0.462. The average Bonchev–Trinajstić information content (AvgIpc) is 2.94. The Kier molecular flexibility index (Phi) is 4.92. The van der Waals surface area contributed by atoms with Crippen LogP contribution in [0.4, 0.5) is 0 Å². The van der Waals surface area contributed by atoms with Crippen molar-refractivity contribution in [3.8, 4) is 11.4 Å². The smallest absolute Gasteiger partial charge is 0.173 e. The van der Waals surface area contributed by atoms with E-state index in [4.69, 9.17) is 16.3 Å². The van der Waals surface area contributed by atoms with Gasteiger partial charge in [-0.2, -0.15) is 4.68 Å². The van der Waals surface area contributed by atoms with Crippen LogP contribution in [0, 0.1) is 0 Å². The van der Waals surface area contributed by atoms with Crippen LogP contribution in [0.1, 0.15) is 32.1 Å². The Morgan fingerprint density at radius 3 is 2.90 bits per heavy atom. The predicted octanol–water partition coefficient (Wildman–Crippen LogP) is 2.38. The number of aromatic nitrogens is 4. The van der Waals surface area contributed by atoms with E-state index in [1.165, 1.54) is 0 Å². The minimum absolute atomic E-state index is 0.0610. The van der Waals surface area contributed by atoms with Crippen molar-refractivity contribution in [2.24, 2.45) is 0 Å². The predicted molar refractivity (Wildman–Crippen MR) is 77.4 cm³/mol. The molecule has 1 unspecified atom stereocenters. The van der Waals surface area contributed by atoms with Gasteiger partial charge in [0.25, 0.3) is 0 Å². The molecule has 0 amide bonds. The lowest BCUT2D eigenvalue weighted by atomic mass is 10.2. The highest BCUT2D eigenvalue weighted by Gasteiger charge is 2.15. The number of tetrazole rings is 1. The molecule has 7 heteroatoms. The minimum atomic E-state index is 0.0610. The van der Waals surface area contributed by atoms with Crippen LogP contribution in [0.5, 0.6) is 5.75 Å². The van der Waals surface area contributed by atoms with Crippen LogP contribution in [-0.2, 0) is 0 Å². The molecule has 0 bridgehead atoms. The van der Waals surface area contributed by atoms with Crippen LogP contribution in [-0.4, -0.2) is 33.9 Å². The summed E-state index contributed by atoms with van der Waals surface area (Å²) < 4.78 is 6.82. The van der Waals surface area contributed by atoms with Gasteiger partial charge in [0.05, 0.1) is 23.9 Å². The summed E-state index contributed by atoms with van der Waals surface area (Å²) in [4.78, 5) is 0. The van der Waals surface area contributed by atoms with Gasteiger partial charge in [0, 0.05) is 0 Å². The molecule has 108 valence electrons. The molecule has 0 radical (unpaired) electrons. The quantitative estimate of drug-likeness (QED) is 0.886. The number of rotatable bonds is 6. The van der Waals surface area contributed by atoms with Gasteiger partial charge in [0.1, 0.15) is 5.75 Å². The molecule has 20 heavy (non-hydrogen) atoms. The number of hydrogen-bond donors (Lipinski definition) is 1. The molecule has 1 atom stereocenters. The first kappa shape index (κ1) is 14.7. The van der Waals surface area contributed by atoms with Crippen LogP contribution in [0.15, 0.2) is 18.2 Å². The standard InChI is InChI=1S/C13H18ClN5O/c1-4-7-15-9(2)13-16-17-18-19(13)10-5-6-12(20-3)11(14)8-10/h5-6,8-9,15H,4,7H2,1-3H3. The lowest BCUT2D eigenvalue weighted by molar-refractivity contribution is 0.415. The van der Waals surface area contributed by atoms with E-state index in [0.29, 0.717) is 10.8 Å². The third kappa shape index (κ3) is 3.08. The van der Waals surface area contributed by atoms with Crippen LogP contribution < -0.4 is 10.1 Å². The van der Waals surface area contributed by atoms with Gasteiger partial charge in [-0.3, -0.25) is 0 Å². The molecule has 0 aliphatic heterocycles. The summed E-state index contributed by atoms with van der Waals surface area (Å²) >= 11 is 6.14. The van der Waals surface area contributed by atoms with Gasteiger partial charge in [0.2, 0.25) is 0 Å². The summed E-state index contributed by atoms with van der Waals surface area (Å²) in [5, 5.41) is 15.7. The molecular weight excluding hydrogens is 278 g/mol. The number of ether oxygens (including phenoxy) is 1. The van der Waals surface area contributed by atoms with Crippen LogP contribution in [0.3, 0.4) is 0 Å². The number of methoxy groups -OCH3 is 1. The van der Waals surface area contributed by atoms with Crippen molar-refractivity contribution in [3.63, 3.8) is 0 Å². The third-order valence-corrected chi connectivity index (χ3v) is 3.26. The van der Waals surface area contributed by atoms with E-state index >= 15 is 0 Å². The van der Waals surface area contributed by atoms with Crippen LogP contribution >= 0.6 is 11.6 Å². The third-order valence-electron chi connectivity index (χ3n) is 2.96. The van der Waals surface area contributed by atoms with E-state index < -0.39 is 0 Å². The van der Waals surface area contributed by atoms with Crippen molar-refractivity contribution in [1.29, 1.82) is 0 Å². The van der Waals surface area contributed by atoms with Crippen molar-refractivity contribution in [1.82, 2.24) is 25.5 Å². The molecule has 6 nitrogen and oxygen atoms in total. The van der Waals surface area contributed by atoms with Crippen LogP contribution in [0.2, 0.25) is 5.02 Å². The molecule has 2 aromatic rings. The Morgan fingerprint density at radius 1 is 1.45 bits per heavy atom.